The second-order valence-corrected chi connectivity index (χ2v) is 4.85. The maximum atomic E-state index is 12.2. The molecule has 1 saturated heterocycles. The number of benzene rings is 1. The van der Waals surface area contributed by atoms with Crippen LogP contribution in [-0.4, -0.2) is 25.0 Å². The maximum absolute atomic E-state index is 12.2. The van der Waals surface area contributed by atoms with E-state index in [1.807, 2.05) is 11.8 Å². The SMILES string of the molecule is CCNC1CCN(c2ccc(C)c(CC)c2)C1=O. The van der Waals surface area contributed by atoms with Gasteiger partial charge in [-0.3, -0.25) is 4.79 Å². The second-order valence-electron chi connectivity index (χ2n) is 4.85. The summed E-state index contributed by atoms with van der Waals surface area (Å²) in [6, 6.07) is 6.32. The van der Waals surface area contributed by atoms with Crippen molar-refractivity contribution in [3.8, 4) is 0 Å². The highest BCUT2D eigenvalue weighted by atomic mass is 16.2. The topological polar surface area (TPSA) is 32.3 Å². The number of carbonyl (C=O) groups is 1. The molecule has 1 heterocycles. The molecule has 0 saturated carbocycles. The minimum atomic E-state index is 0.00128. The van der Waals surface area contributed by atoms with Gasteiger partial charge in [0.25, 0.3) is 0 Å². The largest absolute Gasteiger partial charge is 0.311 e. The van der Waals surface area contributed by atoms with E-state index in [0.717, 1.165) is 31.6 Å². The highest BCUT2D eigenvalue weighted by molar-refractivity contribution is 5.99. The van der Waals surface area contributed by atoms with Crippen molar-refractivity contribution >= 4 is 11.6 Å². The molecule has 0 spiro atoms. The summed E-state index contributed by atoms with van der Waals surface area (Å²) < 4.78 is 0. The van der Waals surface area contributed by atoms with Crippen LogP contribution >= 0.6 is 0 Å². The van der Waals surface area contributed by atoms with Crippen LogP contribution in [0.15, 0.2) is 18.2 Å². The van der Waals surface area contributed by atoms with Gasteiger partial charge in [-0.2, -0.15) is 0 Å². The first-order valence-corrected chi connectivity index (χ1v) is 6.81. The Kier molecular flexibility index (Phi) is 4.02. The van der Waals surface area contributed by atoms with E-state index in [1.54, 1.807) is 0 Å². The Labute approximate surface area is 109 Å². The number of nitrogens with zero attached hydrogens (tertiary/aromatic N) is 1. The zero-order valence-electron chi connectivity index (χ0n) is 11.5. The predicted molar refractivity (Wildman–Crippen MR) is 75.0 cm³/mol. The van der Waals surface area contributed by atoms with Crippen LogP contribution < -0.4 is 10.2 Å². The van der Waals surface area contributed by atoms with Crippen LogP contribution in [0.3, 0.4) is 0 Å². The summed E-state index contributed by atoms with van der Waals surface area (Å²) in [5, 5.41) is 3.24. The van der Waals surface area contributed by atoms with Crippen molar-refractivity contribution in [1.29, 1.82) is 0 Å². The van der Waals surface area contributed by atoms with Crippen LogP contribution in [0.1, 0.15) is 31.4 Å². The Morgan fingerprint density at radius 3 is 2.83 bits per heavy atom. The van der Waals surface area contributed by atoms with E-state index in [0.29, 0.717) is 0 Å². The smallest absolute Gasteiger partial charge is 0.244 e. The average Bonchev–Trinajstić information content (AvgIpc) is 2.73. The Morgan fingerprint density at radius 1 is 1.39 bits per heavy atom. The lowest BCUT2D eigenvalue weighted by molar-refractivity contribution is -0.118. The van der Waals surface area contributed by atoms with Gasteiger partial charge in [0, 0.05) is 12.2 Å². The van der Waals surface area contributed by atoms with Gasteiger partial charge in [-0.25, -0.2) is 0 Å². The molecular weight excluding hydrogens is 224 g/mol. The summed E-state index contributed by atoms with van der Waals surface area (Å²) in [4.78, 5) is 14.2. The maximum Gasteiger partial charge on any atom is 0.244 e. The standard InChI is InChI=1S/C15H22N2O/c1-4-12-10-13(7-6-11(12)3)17-9-8-14(15(17)18)16-5-2/h6-7,10,14,16H,4-5,8-9H2,1-3H3. The quantitative estimate of drug-likeness (QED) is 0.884. The molecule has 3 nitrogen and oxygen atoms in total. The number of nitrogens with one attached hydrogen (secondary N) is 1. The molecule has 0 aliphatic carbocycles. The molecule has 0 aromatic heterocycles. The molecule has 0 bridgehead atoms. The van der Waals surface area contributed by atoms with E-state index in [1.165, 1.54) is 11.1 Å². The summed E-state index contributed by atoms with van der Waals surface area (Å²) in [6.45, 7) is 7.98. The molecular formula is C15H22N2O. The molecule has 1 atom stereocenters. The average molecular weight is 246 g/mol. The van der Waals surface area contributed by atoms with Crippen LogP contribution in [0.5, 0.6) is 0 Å². The highest BCUT2D eigenvalue weighted by Gasteiger charge is 2.31. The van der Waals surface area contributed by atoms with Gasteiger partial charge in [-0.05, 0) is 49.6 Å². The number of hydrogen-bond donors (Lipinski definition) is 1. The van der Waals surface area contributed by atoms with Crippen molar-refractivity contribution < 1.29 is 4.79 Å². The molecule has 1 fully saturated rings. The highest BCUT2D eigenvalue weighted by Crippen LogP contribution is 2.24. The molecule has 1 unspecified atom stereocenters. The molecule has 2 rings (SSSR count). The van der Waals surface area contributed by atoms with Crippen molar-refractivity contribution in [2.75, 3.05) is 18.0 Å². The number of rotatable bonds is 4. The molecule has 1 aromatic rings. The fourth-order valence-corrected chi connectivity index (χ4v) is 2.58. The van der Waals surface area contributed by atoms with Crippen molar-refractivity contribution in [2.45, 2.75) is 39.7 Å². The number of aryl methyl sites for hydroxylation is 2. The van der Waals surface area contributed by atoms with Gasteiger partial charge in [-0.1, -0.05) is 19.9 Å². The van der Waals surface area contributed by atoms with Gasteiger partial charge in [0.05, 0.1) is 6.04 Å². The molecule has 1 aliphatic heterocycles. The Morgan fingerprint density at radius 2 is 2.17 bits per heavy atom. The summed E-state index contributed by atoms with van der Waals surface area (Å²) in [7, 11) is 0. The first-order valence-electron chi connectivity index (χ1n) is 6.81. The Bertz CT molecular complexity index is 442. The van der Waals surface area contributed by atoms with Crippen molar-refractivity contribution in [1.82, 2.24) is 5.32 Å². The van der Waals surface area contributed by atoms with Gasteiger partial charge < -0.3 is 10.2 Å². The third-order valence-corrected chi connectivity index (χ3v) is 3.68. The lowest BCUT2D eigenvalue weighted by Crippen LogP contribution is -2.38. The third-order valence-electron chi connectivity index (χ3n) is 3.68. The normalized spacial score (nSPS) is 19.6. The van der Waals surface area contributed by atoms with E-state index in [-0.39, 0.29) is 11.9 Å². The van der Waals surface area contributed by atoms with Crippen molar-refractivity contribution in [3.05, 3.63) is 29.3 Å². The van der Waals surface area contributed by atoms with E-state index in [9.17, 15) is 4.79 Å². The van der Waals surface area contributed by atoms with Crippen LogP contribution in [0.2, 0.25) is 0 Å². The first kappa shape index (κ1) is 13.1. The van der Waals surface area contributed by atoms with Crippen LogP contribution in [0.4, 0.5) is 5.69 Å². The van der Waals surface area contributed by atoms with Crippen molar-refractivity contribution in [2.24, 2.45) is 0 Å². The van der Waals surface area contributed by atoms with Gasteiger partial charge in [0.1, 0.15) is 0 Å². The van der Waals surface area contributed by atoms with Crippen molar-refractivity contribution in [3.63, 3.8) is 0 Å². The summed E-state index contributed by atoms with van der Waals surface area (Å²) in [6.07, 6.45) is 1.92. The van der Waals surface area contributed by atoms with E-state index in [2.05, 4.69) is 37.4 Å². The lowest BCUT2D eigenvalue weighted by Gasteiger charge is -2.18. The molecule has 0 radical (unpaired) electrons. The first-order chi connectivity index (χ1) is 8.67. The van der Waals surface area contributed by atoms with Gasteiger partial charge in [0.15, 0.2) is 0 Å². The van der Waals surface area contributed by atoms with E-state index in [4.69, 9.17) is 0 Å². The van der Waals surface area contributed by atoms with E-state index < -0.39 is 0 Å². The molecule has 1 aliphatic rings. The Hall–Kier alpha value is -1.35. The van der Waals surface area contributed by atoms with Crippen LogP contribution in [0.25, 0.3) is 0 Å². The second kappa shape index (κ2) is 5.53. The monoisotopic (exact) mass is 246 g/mol. The fraction of sp³-hybridized carbons (Fsp3) is 0.533. The minimum absolute atomic E-state index is 0.00128. The summed E-state index contributed by atoms with van der Waals surface area (Å²) in [5.74, 6) is 0.211. The fourth-order valence-electron chi connectivity index (χ4n) is 2.58. The predicted octanol–water partition coefficient (Wildman–Crippen LogP) is 2.27. The molecule has 3 heteroatoms. The van der Waals surface area contributed by atoms with Gasteiger partial charge in [0.2, 0.25) is 5.91 Å². The zero-order chi connectivity index (χ0) is 13.1. The zero-order valence-corrected chi connectivity index (χ0v) is 11.5. The van der Waals surface area contributed by atoms with Crippen LogP contribution in [0, 0.1) is 6.92 Å². The molecule has 98 valence electrons. The molecule has 1 N–H and O–H groups in total. The number of carbonyl (C=O) groups excluding carboxylic acids is 1. The molecule has 18 heavy (non-hydrogen) atoms. The number of amides is 1. The number of likely N-dealkylation sites (N-methyl/N-ethyl adjacent to an activating group) is 1. The Balaban J connectivity index is 2.20. The summed E-state index contributed by atoms with van der Waals surface area (Å²) in [5.41, 5.74) is 3.67. The number of anilines is 1. The molecule has 1 amide bonds. The van der Waals surface area contributed by atoms with E-state index >= 15 is 0 Å². The van der Waals surface area contributed by atoms with Gasteiger partial charge >= 0.3 is 0 Å². The lowest BCUT2D eigenvalue weighted by atomic mass is 10.1. The third kappa shape index (κ3) is 2.41. The molecule has 1 aromatic carbocycles. The summed E-state index contributed by atoms with van der Waals surface area (Å²) >= 11 is 0. The minimum Gasteiger partial charge on any atom is -0.311 e. The van der Waals surface area contributed by atoms with Crippen LogP contribution in [-0.2, 0) is 11.2 Å². The number of hydrogen-bond acceptors (Lipinski definition) is 2. The van der Waals surface area contributed by atoms with Gasteiger partial charge in [-0.15, -0.1) is 0 Å².